The van der Waals surface area contributed by atoms with Crippen molar-refractivity contribution in [1.82, 2.24) is 10.2 Å². The molecule has 2 amide bonds. The van der Waals surface area contributed by atoms with Gasteiger partial charge < -0.3 is 19.7 Å². The molecule has 0 bridgehead atoms. The van der Waals surface area contributed by atoms with Crippen molar-refractivity contribution in [3.05, 3.63) is 119 Å². The number of methoxy groups -OCH3 is 2. The van der Waals surface area contributed by atoms with Crippen LogP contribution in [0, 0.1) is 19.7 Å². The average Bonchev–Trinajstić information content (AvgIpc) is 3.09. The van der Waals surface area contributed by atoms with Crippen LogP contribution in [0.5, 0.6) is 11.5 Å². The fourth-order valence-electron chi connectivity index (χ4n) is 5.57. The van der Waals surface area contributed by atoms with Crippen LogP contribution in [-0.2, 0) is 32.6 Å². The number of nitrogens with zero attached hydrogens (tertiary/aromatic N) is 2. The SMILES string of the molecule is CCCCNC(=O)[C@@H](Cc1ccccc1)N(Cc1ccc(F)cc1)C(=O)CN(c1cc(C)cc(C)c1)S(=O)(=O)c1ccc(OC)c(OC)c1. The Morgan fingerprint density at radius 2 is 1.49 bits per heavy atom. The number of rotatable bonds is 16. The molecule has 1 N–H and O–H groups in total. The van der Waals surface area contributed by atoms with E-state index in [0.29, 0.717) is 17.9 Å². The van der Waals surface area contributed by atoms with E-state index in [-0.39, 0.29) is 35.2 Å². The van der Waals surface area contributed by atoms with Gasteiger partial charge in [0, 0.05) is 25.6 Å². The molecule has 0 spiro atoms. The van der Waals surface area contributed by atoms with E-state index in [0.717, 1.165) is 33.8 Å². The molecule has 4 aromatic rings. The van der Waals surface area contributed by atoms with Gasteiger partial charge in [0.1, 0.15) is 18.4 Å². The van der Waals surface area contributed by atoms with Crippen LogP contribution in [0.2, 0.25) is 0 Å². The van der Waals surface area contributed by atoms with Gasteiger partial charge in [-0.15, -0.1) is 0 Å². The topological polar surface area (TPSA) is 105 Å². The Balaban J connectivity index is 1.84. The molecule has 0 saturated carbocycles. The van der Waals surface area contributed by atoms with Crippen LogP contribution in [0.1, 0.15) is 42.0 Å². The highest BCUT2D eigenvalue weighted by Crippen LogP contribution is 2.33. The number of hydrogen-bond acceptors (Lipinski definition) is 6. The van der Waals surface area contributed by atoms with E-state index in [1.807, 2.05) is 57.2 Å². The zero-order valence-corrected chi connectivity index (χ0v) is 29.4. The summed E-state index contributed by atoms with van der Waals surface area (Å²) in [5, 5.41) is 2.96. The standard InChI is InChI=1S/C38H44FN3O6S/c1-6-7-19-40-38(44)34(23-29-11-9-8-10-12-29)41(25-30-13-15-31(39)16-14-30)37(43)26-42(32-21-27(2)20-28(3)22-32)49(45,46)33-17-18-35(47-4)36(24-33)48-5/h8-18,20-22,24,34H,6-7,19,23,25-26H2,1-5H3,(H,40,44)/t34-/m1/s1. The number of ether oxygens (including phenoxy) is 2. The number of unbranched alkanes of at least 4 members (excludes halogenated alkanes) is 1. The maximum absolute atomic E-state index is 14.7. The molecule has 0 unspecified atom stereocenters. The molecule has 9 nitrogen and oxygen atoms in total. The highest BCUT2D eigenvalue weighted by atomic mass is 32.2. The Bertz CT molecular complexity index is 1810. The van der Waals surface area contributed by atoms with Crippen LogP contribution >= 0.6 is 0 Å². The molecular weight excluding hydrogens is 645 g/mol. The second kappa shape index (κ2) is 17.0. The number of hydrogen-bond donors (Lipinski definition) is 1. The van der Waals surface area contributed by atoms with Crippen molar-refractivity contribution in [2.75, 3.05) is 31.6 Å². The van der Waals surface area contributed by atoms with Gasteiger partial charge >= 0.3 is 0 Å². The first kappa shape index (κ1) is 36.9. The summed E-state index contributed by atoms with van der Waals surface area (Å²) in [6, 6.07) is 23.5. The normalized spacial score (nSPS) is 11.8. The number of amides is 2. The van der Waals surface area contributed by atoms with E-state index in [1.165, 1.54) is 49.5 Å². The van der Waals surface area contributed by atoms with E-state index >= 15 is 0 Å². The smallest absolute Gasteiger partial charge is 0.264 e. The number of carbonyl (C=O) groups excluding carboxylic acids is 2. The second-order valence-corrected chi connectivity index (χ2v) is 13.7. The van der Waals surface area contributed by atoms with Crippen LogP contribution in [0.15, 0.2) is 95.9 Å². The van der Waals surface area contributed by atoms with Gasteiger partial charge in [0.05, 0.1) is 24.8 Å². The second-order valence-electron chi connectivity index (χ2n) is 11.9. The molecule has 0 aromatic heterocycles. The third-order valence-corrected chi connectivity index (χ3v) is 9.85. The molecule has 0 heterocycles. The van der Waals surface area contributed by atoms with E-state index in [1.54, 1.807) is 24.3 Å². The third-order valence-electron chi connectivity index (χ3n) is 8.08. The highest BCUT2D eigenvalue weighted by molar-refractivity contribution is 7.92. The fourth-order valence-corrected chi connectivity index (χ4v) is 6.99. The predicted molar refractivity (Wildman–Crippen MR) is 189 cm³/mol. The molecule has 0 aliphatic rings. The van der Waals surface area contributed by atoms with Crippen LogP contribution < -0.4 is 19.1 Å². The first-order chi connectivity index (χ1) is 23.5. The summed E-state index contributed by atoms with van der Waals surface area (Å²) in [4.78, 5) is 29.8. The highest BCUT2D eigenvalue weighted by Gasteiger charge is 2.35. The van der Waals surface area contributed by atoms with Crippen molar-refractivity contribution in [2.24, 2.45) is 0 Å². The van der Waals surface area contributed by atoms with E-state index in [2.05, 4.69) is 5.32 Å². The van der Waals surface area contributed by atoms with Gasteiger partial charge in [0.25, 0.3) is 10.0 Å². The minimum absolute atomic E-state index is 0.0606. The number of nitrogens with one attached hydrogen (secondary N) is 1. The van der Waals surface area contributed by atoms with Crippen LogP contribution in [0.4, 0.5) is 10.1 Å². The summed E-state index contributed by atoms with van der Waals surface area (Å²) in [5.74, 6) is -0.868. The molecule has 260 valence electrons. The van der Waals surface area contributed by atoms with Gasteiger partial charge in [-0.1, -0.05) is 61.9 Å². The molecular formula is C38H44FN3O6S. The molecule has 4 aromatic carbocycles. The van der Waals surface area contributed by atoms with Crippen molar-refractivity contribution in [3.8, 4) is 11.5 Å². The van der Waals surface area contributed by atoms with E-state index < -0.39 is 34.3 Å². The Kier molecular flexibility index (Phi) is 12.8. The zero-order chi connectivity index (χ0) is 35.6. The van der Waals surface area contributed by atoms with Crippen LogP contribution in [0.25, 0.3) is 0 Å². The Hall–Kier alpha value is -4.90. The summed E-state index contributed by atoms with van der Waals surface area (Å²) in [5.41, 5.74) is 3.29. The van der Waals surface area contributed by atoms with Crippen molar-refractivity contribution in [1.29, 1.82) is 0 Å². The number of aryl methyl sites for hydroxylation is 2. The van der Waals surface area contributed by atoms with Gasteiger partial charge in [0.15, 0.2) is 11.5 Å². The number of sulfonamides is 1. The minimum atomic E-state index is -4.37. The molecule has 49 heavy (non-hydrogen) atoms. The summed E-state index contributed by atoms with van der Waals surface area (Å²) >= 11 is 0. The molecule has 0 radical (unpaired) electrons. The Labute approximate surface area is 288 Å². The lowest BCUT2D eigenvalue weighted by molar-refractivity contribution is -0.140. The van der Waals surface area contributed by atoms with E-state index in [9.17, 15) is 22.4 Å². The number of carbonyl (C=O) groups is 2. The summed E-state index contributed by atoms with van der Waals surface area (Å²) in [6.07, 6.45) is 1.79. The number of anilines is 1. The van der Waals surface area contributed by atoms with Crippen LogP contribution in [0.3, 0.4) is 0 Å². The first-order valence-corrected chi connectivity index (χ1v) is 17.6. The van der Waals surface area contributed by atoms with Gasteiger partial charge in [-0.2, -0.15) is 0 Å². The van der Waals surface area contributed by atoms with Crippen molar-refractivity contribution in [3.63, 3.8) is 0 Å². The Morgan fingerprint density at radius 1 is 0.837 bits per heavy atom. The van der Waals surface area contributed by atoms with Crippen molar-refractivity contribution < 1.29 is 31.9 Å². The zero-order valence-electron chi connectivity index (χ0n) is 28.6. The number of benzene rings is 4. The minimum Gasteiger partial charge on any atom is -0.493 e. The molecule has 0 aliphatic heterocycles. The largest absolute Gasteiger partial charge is 0.493 e. The lowest BCUT2D eigenvalue weighted by atomic mass is 10.0. The Morgan fingerprint density at radius 3 is 2.10 bits per heavy atom. The lowest BCUT2D eigenvalue weighted by Gasteiger charge is -2.34. The molecule has 0 saturated heterocycles. The number of halogens is 1. The van der Waals surface area contributed by atoms with Gasteiger partial charge in [-0.25, -0.2) is 12.8 Å². The molecule has 0 aliphatic carbocycles. The molecule has 1 atom stereocenters. The van der Waals surface area contributed by atoms with Gasteiger partial charge in [-0.3, -0.25) is 13.9 Å². The average molecular weight is 690 g/mol. The van der Waals surface area contributed by atoms with Crippen molar-refractivity contribution in [2.45, 2.75) is 57.5 Å². The monoisotopic (exact) mass is 689 g/mol. The molecule has 4 rings (SSSR count). The van der Waals surface area contributed by atoms with Crippen LogP contribution in [-0.4, -0.2) is 58.5 Å². The third kappa shape index (κ3) is 9.60. The van der Waals surface area contributed by atoms with Gasteiger partial charge in [0.2, 0.25) is 11.8 Å². The van der Waals surface area contributed by atoms with Gasteiger partial charge in [-0.05, 0) is 78.9 Å². The predicted octanol–water partition coefficient (Wildman–Crippen LogP) is 6.21. The molecule has 11 heteroatoms. The summed E-state index contributed by atoms with van der Waals surface area (Å²) in [7, 11) is -1.52. The summed E-state index contributed by atoms with van der Waals surface area (Å²) < 4.78 is 54.6. The van der Waals surface area contributed by atoms with Crippen molar-refractivity contribution >= 4 is 27.5 Å². The maximum atomic E-state index is 14.7. The fraction of sp³-hybridized carbons (Fsp3) is 0.316. The van der Waals surface area contributed by atoms with E-state index in [4.69, 9.17) is 9.47 Å². The summed E-state index contributed by atoms with van der Waals surface area (Å²) in [6.45, 7) is 5.44. The maximum Gasteiger partial charge on any atom is 0.264 e. The quantitative estimate of drug-likeness (QED) is 0.140. The first-order valence-electron chi connectivity index (χ1n) is 16.2. The molecule has 0 fully saturated rings. The lowest BCUT2D eigenvalue weighted by Crippen LogP contribution is -2.53.